The first-order valence-corrected chi connectivity index (χ1v) is 7.74. The molecule has 0 aliphatic heterocycles. The number of ether oxygens (including phenoxy) is 1. The summed E-state index contributed by atoms with van der Waals surface area (Å²) in [5.74, 6) is 1.10. The second-order valence-electron chi connectivity index (χ2n) is 6.66. The number of rotatable bonds is 5. The molecule has 0 bridgehead atoms. The van der Waals surface area contributed by atoms with Crippen LogP contribution in [0.25, 0.3) is 0 Å². The fourth-order valence-electron chi connectivity index (χ4n) is 2.61. The van der Waals surface area contributed by atoms with Crippen molar-refractivity contribution in [3.63, 3.8) is 0 Å². The van der Waals surface area contributed by atoms with Crippen LogP contribution in [0.5, 0.6) is 5.75 Å². The molecular formula is C19H26N2O. The molecule has 118 valence electrons. The summed E-state index contributed by atoms with van der Waals surface area (Å²) in [6.45, 7) is 7.22. The second kappa shape index (κ2) is 6.93. The van der Waals surface area contributed by atoms with Gasteiger partial charge in [-0.1, -0.05) is 39.0 Å². The Balaban J connectivity index is 2.38. The monoisotopic (exact) mass is 298 g/mol. The van der Waals surface area contributed by atoms with Crippen molar-refractivity contribution in [1.82, 2.24) is 4.98 Å². The van der Waals surface area contributed by atoms with Crippen molar-refractivity contribution in [2.24, 2.45) is 5.73 Å². The lowest BCUT2D eigenvalue weighted by Gasteiger charge is -2.24. The molecule has 0 spiro atoms. The fraction of sp³-hybridized carbons (Fsp3) is 0.421. The molecule has 1 unspecified atom stereocenters. The maximum Gasteiger partial charge on any atom is 0.122 e. The lowest BCUT2D eigenvalue weighted by molar-refractivity contribution is 0.404. The first-order valence-electron chi connectivity index (χ1n) is 7.74. The quantitative estimate of drug-likeness (QED) is 0.916. The normalized spacial score (nSPS) is 13.0. The van der Waals surface area contributed by atoms with Crippen LogP contribution in [-0.2, 0) is 11.8 Å². The first kappa shape index (κ1) is 16.5. The van der Waals surface area contributed by atoms with Crippen LogP contribution in [0.3, 0.4) is 0 Å². The Morgan fingerprint density at radius 3 is 2.50 bits per heavy atom. The van der Waals surface area contributed by atoms with E-state index in [1.807, 2.05) is 24.4 Å². The Hall–Kier alpha value is -1.87. The van der Waals surface area contributed by atoms with E-state index < -0.39 is 0 Å². The minimum atomic E-state index is 0.102. The van der Waals surface area contributed by atoms with Crippen LogP contribution in [0.4, 0.5) is 0 Å². The molecule has 0 amide bonds. The van der Waals surface area contributed by atoms with E-state index in [-0.39, 0.29) is 11.3 Å². The third-order valence-corrected chi connectivity index (χ3v) is 4.00. The fourth-order valence-corrected chi connectivity index (χ4v) is 2.61. The molecule has 2 N–H and O–H groups in total. The Morgan fingerprint density at radius 1 is 1.18 bits per heavy atom. The van der Waals surface area contributed by atoms with Gasteiger partial charge in [-0.05, 0) is 47.7 Å². The lowest BCUT2D eigenvalue weighted by atomic mass is 9.83. The van der Waals surface area contributed by atoms with Gasteiger partial charge in [0.25, 0.3) is 0 Å². The summed E-state index contributed by atoms with van der Waals surface area (Å²) in [6, 6.07) is 12.4. The smallest absolute Gasteiger partial charge is 0.122 e. The van der Waals surface area contributed by atoms with Gasteiger partial charge in [0, 0.05) is 17.8 Å². The molecule has 0 radical (unpaired) electrons. The Bertz CT molecular complexity index is 603. The van der Waals surface area contributed by atoms with E-state index in [9.17, 15) is 0 Å². The minimum Gasteiger partial charge on any atom is -0.496 e. The van der Waals surface area contributed by atoms with Crippen LogP contribution in [0.15, 0.2) is 42.6 Å². The van der Waals surface area contributed by atoms with Crippen LogP contribution < -0.4 is 10.5 Å². The molecule has 0 saturated carbocycles. The number of hydrogen-bond donors (Lipinski definition) is 1. The number of nitrogens with two attached hydrogens (primary N) is 1. The maximum atomic E-state index is 6.05. The van der Waals surface area contributed by atoms with Gasteiger partial charge >= 0.3 is 0 Å². The molecular weight excluding hydrogens is 272 g/mol. The number of nitrogens with zero attached hydrogens (tertiary/aromatic N) is 1. The van der Waals surface area contributed by atoms with Gasteiger partial charge in [-0.25, -0.2) is 0 Å². The van der Waals surface area contributed by atoms with E-state index in [1.165, 1.54) is 11.1 Å². The van der Waals surface area contributed by atoms with Crippen molar-refractivity contribution in [1.29, 1.82) is 0 Å². The van der Waals surface area contributed by atoms with E-state index in [4.69, 9.17) is 10.5 Å². The first-order chi connectivity index (χ1) is 10.5. The number of pyridine rings is 1. The maximum absolute atomic E-state index is 6.05. The molecule has 22 heavy (non-hydrogen) atoms. The molecule has 0 aliphatic carbocycles. The second-order valence-corrected chi connectivity index (χ2v) is 6.66. The van der Waals surface area contributed by atoms with Crippen LogP contribution in [0.2, 0.25) is 0 Å². The molecule has 1 heterocycles. The van der Waals surface area contributed by atoms with Gasteiger partial charge in [0.1, 0.15) is 5.75 Å². The number of benzene rings is 1. The molecule has 1 aromatic heterocycles. The summed E-state index contributed by atoms with van der Waals surface area (Å²) in [5, 5.41) is 0. The number of methoxy groups -OCH3 is 1. The largest absolute Gasteiger partial charge is 0.496 e. The average Bonchev–Trinajstić information content (AvgIpc) is 2.52. The molecule has 3 nitrogen and oxygen atoms in total. The van der Waals surface area contributed by atoms with E-state index >= 15 is 0 Å². The molecule has 2 aromatic rings. The van der Waals surface area contributed by atoms with E-state index in [0.717, 1.165) is 17.9 Å². The van der Waals surface area contributed by atoms with Crippen LogP contribution >= 0.6 is 0 Å². The zero-order valence-electron chi connectivity index (χ0n) is 14.0. The highest BCUT2D eigenvalue weighted by Crippen LogP contribution is 2.33. The highest BCUT2D eigenvalue weighted by Gasteiger charge is 2.20. The van der Waals surface area contributed by atoms with Crippen LogP contribution in [-0.4, -0.2) is 18.6 Å². The molecule has 2 rings (SSSR count). The summed E-state index contributed by atoms with van der Waals surface area (Å²) in [4.78, 5) is 4.42. The predicted octanol–water partition coefficient (Wildman–Crippen LogP) is 3.67. The van der Waals surface area contributed by atoms with E-state index in [0.29, 0.717) is 6.54 Å². The van der Waals surface area contributed by atoms with Crippen LogP contribution in [0.1, 0.15) is 43.5 Å². The summed E-state index contributed by atoms with van der Waals surface area (Å²) in [6.07, 6.45) is 2.65. The lowest BCUT2D eigenvalue weighted by Crippen LogP contribution is -2.18. The van der Waals surface area contributed by atoms with Crippen molar-refractivity contribution < 1.29 is 4.74 Å². The Morgan fingerprint density at radius 2 is 1.95 bits per heavy atom. The summed E-state index contributed by atoms with van der Waals surface area (Å²) >= 11 is 0. The standard InChI is InChI=1S/C19H26N2O/c1-19(2,3)15-8-9-18(22-4)17(12-15)14(13-20)11-16-7-5-6-10-21-16/h5-10,12,14H,11,13,20H2,1-4H3. The highest BCUT2D eigenvalue weighted by molar-refractivity contribution is 5.42. The molecule has 1 aromatic carbocycles. The third-order valence-electron chi connectivity index (χ3n) is 4.00. The van der Waals surface area contributed by atoms with E-state index in [1.54, 1.807) is 7.11 Å². The van der Waals surface area contributed by atoms with Gasteiger partial charge in [0.2, 0.25) is 0 Å². The number of hydrogen-bond acceptors (Lipinski definition) is 3. The predicted molar refractivity (Wildman–Crippen MR) is 91.4 cm³/mol. The molecule has 1 atom stereocenters. The van der Waals surface area contributed by atoms with Crippen molar-refractivity contribution in [3.8, 4) is 5.75 Å². The van der Waals surface area contributed by atoms with E-state index in [2.05, 4.69) is 44.0 Å². The average molecular weight is 298 g/mol. The molecule has 0 fully saturated rings. The number of aromatic nitrogens is 1. The van der Waals surface area contributed by atoms with Gasteiger partial charge in [0.15, 0.2) is 0 Å². The Kier molecular flexibility index (Phi) is 5.19. The van der Waals surface area contributed by atoms with Crippen molar-refractivity contribution in [3.05, 3.63) is 59.4 Å². The van der Waals surface area contributed by atoms with Gasteiger partial charge in [-0.2, -0.15) is 0 Å². The summed E-state index contributed by atoms with van der Waals surface area (Å²) < 4.78 is 5.56. The van der Waals surface area contributed by atoms with Gasteiger partial charge in [0.05, 0.1) is 7.11 Å². The molecule has 0 aliphatic rings. The van der Waals surface area contributed by atoms with Crippen molar-refractivity contribution in [2.45, 2.75) is 38.5 Å². The van der Waals surface area contributed by atoms with Crippen LogP contribution in [0, 0.1) is 0 Å². The Labute approximate surface area is 133 Å². The van der Waals surface area contributed by atoms with Crippen molar-refractivity contribution >= 4 is 0 Å². The zero-order chi connectivity index (χ0) is 16.2. The zero-order valence-corrected chi connectivity index (χ0v) is 14.0. The molecule has 0 saturated heterocycles. The SMILES string of the molecule is COc1ccc(C(C)(C)C)cc1C(CN)Cc1ccccn1. The highest BCUT2D eigenvalue weighted by atomic mass is 16.5. The van der Waals surface area contributed by atoms with Gasteiger partial charge in [-0.3, -0.25) is 4.98 Å². The minimum absolute atomic E-state index is 0.102. The topological polar surface area (TPSA) is 48.1 Å². The third kappa shape index (κ3) is 3.86. The van der Waals surface area contributed by atoms with Crippen molar-refractivity contribution in [2.75, 3.05) is 13.7 Å². The van der Waals surface area contributed by atoms with Gasteiger partial charge in [-0.15, -0.1) is 0 Å². The van der Waals surface area contributed by atoms with Gasteiger partial charge < -0.3 is 10.5 Å². The summed E-state index contributed by atoms with van der Waals surface area (Å²) in [5.41, 5.74) is 9.67. The molecule has 3 heteroatoms. The summed E-state index contributed by atoms with van der Waals surface area (Å²) in [7, 11) is 1.71.